The fraction of sp³-hybridized carbons (Fsp3) is 0.440. The van der Waals surface area contributed by atoms with Gasteiger partial charge in [-0.05, 0) is 56.5 Å². The van der Waals surface area contributed by atoms with Crippen molar-refractivity contribution in [1.82, 2.24) is 10.2 Å². The van der Waals surface area contributed by atoms with Crippen LogP contribution < -0.4 is 5.32 Å². The number of thioether (sulfide) groups is 1. The van der Waals surface area contributed by atoms with E-state index >= 15 is 0 Å². The molecule has 0 aliphatic heterocycles. The highest BCUT2D eigenvalue weighted by Crippen LogP contribution is 2.22. The highest BCUT2D eigenvalue weighted by molar-refractivity contribution is 9.10. The van der Waals surface area contributed by atoms with Crippen LogP contribution >= 0.6 is 27.7 Å². The molecule has 1 fully saturated rings. The quantitative estimate of drug-likeness (QED) is 0.469. The Morgan fingerprint density at radius 2 is 1.84 bits per heavy atom. The first kappa shape index (κ1) is 23.9. The van der Waals surface area contributed by atoms with Crippen molar-refractivity contribution in [2.75, 3.05) is 5.75 Å². The van der Waals surface area contributed by atoms with E-state index in [1.165, 1.54) is 23.7 Å². The molecule has 166 valence electrons. The molecule has 0 bridgehead atoms. The van der Waals surface area contributed by atoms with Gasteiger partial charge in [0.2, 0.25) is 11.8 Å². The molecule has 2 aromatic rings. The number of carbonyl (C=O) groups is 2. The highest BCUT2D eigenvalue weighted by Gasteiger charge is 2.28. The minimum absolute atomic E-state index is 0.0307. The molecule has 1 saturated carbocycles. The molecule has 1 aliphatic carbocycles. The number of nitrogens with one attached hydrogen (secondary N) is 1. The monoisotopic (exact) mass is 502 g/mol. The van der Waals surface area contributed by atoms with Crippen LogP contribution in [0.5, 0.6) is 0 Å². The molecule has 0 heterocycles. The highest BCUT2D eigenvalue weighted by atomic mass is 79.9. The van der Waals surface area contributed by atoms with E-state index in [2.05, 4.69) is 21.2 Å². The fourth-order valence-electron chi connectivity index (χ4n) is 3.85. The van der Waals surface area contributed by atoms with Crippen molar-refractivity contribution in [3.63, 3.8) is 0 Å². The Kier molecular flexibility index (Phi) is 9.02. The second-order valence-electron chi connectivity index (χ2n) is 8.27. The van der Waals surface area contributed by atoms with E-state index < -0.39 is 6.04 Å². The summed E-state index contributed by atoms with van der Waals surface area (Å²) in [6, 6.07) is 15.8. The number of hydrogen-bond donors (Lipinski definition) is 1. The zero-order valence-electron chi connectivity index (χ0n) is 18.3. The van der Waals surface area contributed by atoms with E-state index in [9.17, 15) is 9.59 Å². The van der Waals surface area contributed by atoms with Gasteiger partial charge < -0.3 is 10.2 Å². The van der Waals surface area contributed by atoms with Crippen LogP contribution in [0.1, 0.15) is 50.2 Å². The average molecular weight is 504 g/mol. The molecule has 1 atom stereocenters. The first-order valence-electron chi connectivity index (χ1n) is 11.0. The van der Waals surface area contributed by atoms with Crippen molar-refractivity contribution in [1.29, 1.82) is 0 Å². The normalized spacial score (nSPS) is 15.3. The van der Waals surface area contributed by atoms with Crippen molar-refractivity contribution >= 4 is 39.5 Å². The summed E-state index contributed by atoms with van der Waals surface area (Å²) in [5.74, 6) is 0.213. The van der Waals surface area contributed by atoms with Gasteiger partial charge >= 0.3 is 0 Å². The van der Waals surface area contributed by atoms with Gasteiger partial charge in [0.25, 0.3) is 0 Å². The number of benzene rings is 2. The van der Waals surface area contributed by atoms with Gasteiger partial charge in [0.15, 0.2) is 0 Å². The maximum Gasteiger partial charge on any atom is 0.242 e. The SMILES string of the molecule is Cc1ccc(SCC(=O)N(Cc2cccc(Br)c2)[C@H](C)C(=O)NC2CCCCC2)cc1. The van der Waals surface area contributed by atoms with Crippen LogP contribution in [0, 0.1) is 6.92 Å². The minimum atomic E-state index is -0.521. The van der Waals surface area contributed by atoms with Gasteiger partial charge in [0.1, 0.15) is 6.04 Å². The van der Waals surface area contributed by atoms with Crippen molar-refractivity contribution < 1.29 is 9.59 Å². The van der Waals surface area contributed by atoms with Crippen LogP contribution in [0.3, 0.4) is 0 Å². The Labute approximate surface area is 198 Å². The molecule has 3 rings (SSSR count). The zero-order valence-corrected chi connectivity index (χ0v) is 20.7. The number of hydrogen-bond acceptors (Lipinski definition) is 3. The molecule has 4 nitrogen and oxygen atoms in total. The van der Waals surface area contributed by atoms with Gasteiger partial charge in [-0.15, -0.1) is 11.8 Å². The van der Waals surface area contributed by atoms with E-state index in [0.717, 1.165) is 40.6 Å². The lowest BCUT2D eigenvalue weighted by molar-refractivity contribution is -0.139. The number of carbonyl (C=O) groups excluding carboxylic acids is 2. The third-order valence-corrected chi connectivity index (χ3v) is 7.23. The van der Waals surface area contributed by atoms with Gasteiger partial charge in [0, 0.05) is 22.0 Å². The van der Waals surface area contributed by atoms with Crippen LogP contribution in [0.25, 0.3) is 0 Å². The summed E-state index contributed by atoms with van der Waals surface area (Å²) in [7, 11) is 0. The van der Waals surface area contributed by atoms with Crippen LogP contribution in [0.15, 0.2) is 57.9 Å². The van der Waals surface area contributed by atoms with E-state index in [4.69, 9.17) is 0 Å². The lowest BCUT2D eigenvalue weighted by atomic mass is 9.95. The first-order valence-corrected chi connectivity index (χ1v) is 12.7. The van der Waals surface area contributed by atoms with Gasteiger partial charge in [0.05, 0.1) is 5.75 Å². The molecule has 0 saturated heterocycles. The number of nitrogens with zero attached hydrogens (tertiary/aromatic N) is 1. The lowest BCUT2D eigenvalue weighted by Gasteiger charge is -2.31. The molecule has 2 amide bonds. The molecule has 2 aromatic carbocycles. The topological polar surface area (TPSA) is 49.4 Å². The molecule has 0 radical (unpaired) electrons. The average Bonchev–Trinajstić information content (AvgIpc) is 2.77. The Bertz CT molecular complexity index is 881. The Hall–Kier alpha value is -1.79. The third kappa shape index (κ3) is 7.39. The maximum atomic E-state index is 13.2. The summed E-state index contributed by atoms with van der Waals surface area (Å²) < 4.78 is 0.964. The first-order chi connectivity index (χ1) is 14.9. The summed E-state index contributed by atoms with van der Waals surface area (Å²) in [6.07, 6.45) is 5.62. The largest absolute Gasteiger partial charge is 0.352 e. The molecular weight excluding hydrogens is 472 g/mol. The van der Waals surface area contributed by atoms with Crippen LogP contribution in [-0.2, 0) is 16.1 Å². The molecule has 1 aliphatic rings. The summed E-state index contributed by atoms with van der Waals surface area (Å²) >= 11 is 5.01. The molecular formula is C25H31BrN2O2S. The fourth-order valence-corrected chi connectivity index (χ4v) is 5.08. The smallest absolute Gasteiger partial charge is 0.242 e. The maximum absolute atomic E-state index is 13.2. The predicted octanol–water partition coefficient (Wildman–Crippen LogP) is 5.72. The summed E-state index contributed by atoms with van der Waals surface area (Å²) in [6.45, 7) is 4.29. The molecule has 0 spiro atoms. The van der Waals surface area contributed by atoms with Gasteiger partial charge in [-0.3, -0.25) is 9.59 Å². The van der Waals surface area contributed by atoms with Crippen molar-refractivity contribution in [2.24, 2.45) is 0 Å². The zero-order chi connectivity index (χ0) is 22.2. The third-order valence-electron chi connectivity index (χ3n) is 5.74. The number of rotatable bonds is 8. The Balaban J connectivity index is 1.70. The predicted molar refractivity (Wildman–Crippen MR) is 131 cm³/mol. The van der Waals surface area contributed by atoms with Crippen LogP contribution in [0.2, 0.25) is 0 Å². The molecule has 31 heavy (non-hydrogen) atoms. The molecule has 0 aromatic heterocycles. The van der Waals surface area contributed by atoms with Gasteiger partial charge in [-0.25, -0.2) is 0 Å². The molecule has 0 unspecified atom stereocenters. The number of halogens is 1. The number of amides is 2. The second-order valence-corrected chi connectivity index (χ2v) is 10.2. The van der Waals surface area contributed by atoms with Gasteiger partial charge in [-0.1, -0.05) is 65.0 Å². The van der Waals surface area contributed by atoms with E-state index in [1.54, 1.807) is 4.90 Å². The number of aryl methyl sites for hydroxylation is 1. The second kappa shape index (κ2) is 11.7. The summed E-state index contributed by atoms with van der Waals surface area (Å²) in [4.78, 5) is 29.0. The molecule has 6 heteroatoms. The van der Waals surface area contributed by atoms with E-state index in [0.29, 0.717) is 12.3 Å². The summed E-state index contributed by atoms with van der Waals surface area (Å²) in [5, 5.41) is 3.18. The van der Waals surface area contributed by atoms with Crippen molar-refractivity contribution in [3.8, 4) is 0 Å². The van der Waals surface area contributed by atoms with Crippen LogP contribution in [-0.4, -0.2) is 34.6 Å². The van der Waals surface area contributed by atoms with Crippen molar-refractivity contribution in [3.05, 3.63) is 64.1 Å². The Morgan fingerprint density at radius 1 is 1.13 bits per heavy atom. The van der Waals surface area contributed by atoms with Crippen LogP contribution in [0.4, 0.5) is 0 Å². The minimum Gasteiger partial charge on any atom is -0.352 e. The summed E-state index contributed by atoms with van der Waals surface area (Å²) in [5.41, 5.74) is 2.19. The van der Waals surface area contributed by atoms with Gasteiger partial charge in [-0.2, -0.15) is 0 Å². The standard InChI is InChI=1S/C25H31BrN2O2S/c1-18-11-13-23(14-12-18)31-17-24(29)28(16-20-7-6-8-21(26)15-20)19(2)25(30)27-22-9-4-3-5-10-22/h6-8,11-15,19,22H,3-5,9-10,16-17H2,1-2H3,(H,27,30)/t19-/m1/s1. The lowest BCUT2D eigenvalue weighted by Crippen LogP contribution is -2.50. The Morgan fingerprint density at radius 3 is 2.52 bits per heavy atom. The van der Waals surface area contributed by atoms with Crippen molar-refractivity contribution in [2.45, 2.75) is 69.5 Å². The molecule has 1 N–H and O–H groups in total. The van der Waals surface area contributed by atoms with E-state index in [-0.39, 0.29) is 17.9 Å². The van der Waals surface area contributed by atoms with E-state index in [1.807, 2.05) is 62.4 Å².